The van der Waals surface area contributed by atoms with Crippen molar-refractivity contribution in [3.05, 3.63) is 70.5 Å². The minimum atomic E-state index is -0.227. The molecule has 0 saturated carbocycles. The Morgan fingerprint density at radius 3 is 2.67 bits per heavy atom. The number of hydrogen-bond acceptors (Lipinski definition) is 4. The molecule has 1 aliphatic heterocycles. The zero-order chi connectivity index (χ0) is 18.9. The number of thioether (sulfide) groups is 1. The maximum absolute atomic E-state index is 13.3. The van der Waals surface area contributed by atoms with E-state index in [-0.39, 0.29) is 17.2 Å². The standard InChI is InChI=1S/C22H24N2O2S/c1-22(2)14-17(12-13-26-22)24-20(25)18-10-6-7-11-19(18)23-21(24)27-15-16-8-4-3-5-9-16/h3-11,17H,12-15H2,1-2H3. The summed E-state index contributed by atoms with van der Waals surface area (Å²) >= 11 is 1.63. The number of rotatable bonds is 4. The Hall–Kier alpha value is -2.11. The van der Waals surface area contributed by atoms with Crippen LogP contribution in [0, 0.1) is 0 Å². The van der Waals surface area contributed by atoms with E-state index < -0.39 is 0 Å². The van der Waals surface area contributed by atoms with Crippen molar-refractivity contribution in [3.63, 3.8) is 0 Å². The smallest absolute Gasteiger partial charge is 0.262 e. The highest BCUT2D eigenvalue weighted by Gasteiger charge is 2.32. The van der Waals surface area contributed by atoms with Gasteiger partial charge in [-0.2, -0.15) is 0 Å². The average molecular weight is 381 g/mol. The third kappa shape index (κ3) is 3.94. The fourth-order valence-electron chi connectivity index (χ4n) is 3.69. The van der Waals surface area contributed by atoms with Crippen LogP contribution in [0.4, 0.5) is 0 Å². The lowest BCUT2D eigenvalue weighted by atomic mass is 9.93. The summed E-state index contributed by atoms with van der Waals surface area (Å²) in [5, 5.41) is 1.48. The van der Waals surface area contributed by atoms with Crippen LogP contribution >= 0.6 is 11.8 Å². The van der Waals surface area contributed by atoms with Crippen LogP contribution < -0.4 is 5.56 Å². The first kappa shape index (κ1) is 18.3. The highest BCUT2D eigenvalue weighted by atomic mass is 32.2. The van der Waals surface area contributed by atoms with Gasteiger partial charge in [-0.25, -0.2) is 4.98 Å². The lowest BCUT2D eigenvalue weighted by Gasteiger charge is -2.36. The summed E-state index contributed by atoms with van der Waals surface area (Å²) in [4.78, 5) is 18.2. The fourth-order valence-corrected chi connectivity index (χ4v) is 4.71. The normalized spacial score (nSPS) is 19.3. The van der Waals surface area contributed by atoms with Gasteiger partial charge >= 0.3 is 0 Å². The second-order valence-electron chi connectivity index (χ2n) is 7.62. The van der Waals surface area contributed by atoms with Gasteiger partial charge in [0, 0.05) is 18.4 Å². The van der Waals surface area contributed by atoms with Gasteiger partial charge in [-0.15, -0.1) is 0 Å². The monoisotopic (exact) mass is 380 g/mol. The highest BCUT2D eigenvalue weighted by Crippen LogP contribution is 2.34. The van der Waals surface area contributed by atoms with Crippen LogP contribution in [0.2, 0.25) is 0 Å². The first-order valence-corrected chi connectivity index (χ1v) is 10.3. The van der Waals surface area contributed by atoms with Gasteiger partial charge in [0.15, 0.2) is 5.16 Å². The van der Waals surface area contributed by atoms with E-state index in [4.69, 9.17) is 9.72 Å². The van der Waals surface area contributed by atoms with Crippen molar-refractivity contribution in [2.45, 2.75) is 49.2 Å². The number of benzene rings is 2. The molecule has 4 rings (SSSR count). The zero-order valence-corrected chi connectivity index (χ0v) is 16.5. The van der Waals surface area contributed by atoms with Gasteiger partial charge in [0.1, 0.15) is 0 Å². The molecule has 27 heavy (non-hydrogen) atoms. The van der Waals surface area contributed by atoms with Crippen molar-refractivity contribution in [3.8, 4) is 0 Å². The van der Waals surface area contributed by atoms with Crippen LogP contribution in [0.3, 0.4) is 0 Å². The molecule has 0 bridgehead atoms. The van der Waals surface area contributed by atoms with Crippen molar-refractivity contribution in [2.24, 2.45) is 0 Å². The van der Waals surface area contributed by atoms with Crippen LogP contribution in [0.25, 0.3) is 10.9 Å². The number of ether oxygens (including phenoxy) is 1. The summed E-state index contributed by atoms with van der Waals surface area (Å²) in [5.41, 5.74) is 1.82. The molecule has 0 amide bonds. The van der Waals surface area contributed by atoms with Crippen molar-refractivity contribution in [1.82, 2.24) is 9.55 Å². The number of fused-ring (bicyclic) bond motifs is 1. The van der Waals surface area contributed by atoms with Crippen molar-refractivity contribution in [2.75, 3.05) is 6.61 Å². The Balaban J connectivity index is 1.77. The topological polar surface area (TPSA) is 44.1 Å². The molecule has 1 atom stereocenters. The van der Waals surface area contributed by atoms with Gasteiger partial charge < -0.3 is 4.74 Å². The summed E-state index contributed by atoms with van der Waals surface area (Å²) in [6.45, 7) is 4.85. The van der Waals surface area contributed by atoms with Crippen LogP contribution in [-0.4, -0.2) is 21.8 Å². The molecule has 5 heteroatoms. The molecule has 1 fully saturated rings. The van der Waals surface area contributed by atoms with Crippen LogP contribution in [-0.2, 0) is 10.5 Å². The molecule has 1 unspecified atom stereocenters. The molecule has 3 aromatic rings. The molecule has 0 radical (unpaired) electrons. The van der Waals surface area contributed by atoms with Gasteiger partial charge in [-0.1, -0.05) is 54.2 Å². The van der Waals surface area contributed by atoms with E-state index in [0.29, 0.717) is 12.0 Å². The zero-order valence-electron chi connectivity index (χ0n) is 15.7. The second kappa shape index (κ2) is 7.49. The van der Waals surface area contributed by atoms with Crippen molar-refractivity contribution in [1.29, 1.82) is 0 Å². The largest absolute Gasteiger partial charge is 0.375 e. The maximum Gasteiger partial charge on any atom is 0.262 e. The SMILES string of the molecule is CC1(C)CC(n2c(SCc3ccccc3)nc3ccccc3c2=O)CCO1. The Labute approximate surface area is 163 Å². The predicted molar refractivity (Wildman–Crippen MR) is 110 cm³/mol. The number of nitrogens with zero attached hydrogens (tertiary/aromatic N) is 2. The molecule has 2 aromatic carbocycles. The van der Waals surface area contributed by atoms with E-state index in [1.807, 2.05) is 47.0 Å². The summed E-state index contributed by atoms with van der Waals surface area (Å²) < 4.78 is 7.79. The summed E-state index contributed by atoms with van der Waals surface area (Å²) in [6, 6.07) is 18.0. The van der Waals surface area contributed by atoms with Crippen LogP contribution in [0.15, 0.2) is 64.5 Å². The van der Waals surface area contributed by atoms with Crippen LogP contribution in [0.1, 0.15) is 38.3 Å². The third-order valence-electron chi connectivity index (χ3n) is 5.02. The molecule has 2 heterocycles. The van der Waals surface area contributed by atoms with Gasteiger partial charge in [0.05, 0.1) is 16.5 Å². The molecule has 1 aromatic heterocycles. The average Bonchev–Trinajstić information content (AvgIpc) is 2.66. The molecule has 0 N–H and O–H groups in total. The Morgan fingerprint density at radius 2 is 1.89 bits per heavy atom. The van der Waals surface area contributed by atoms with E-state index in [1.54, 1.807) is 11.8 Å². The predicted octanol–water partition coefficient (Wildman–Crippen LogP) is 4.82. The summed E-state index contributed by atoms with van der Waals surface area (Å²) in [5.74, 6) is 0.790. The molecule has 4 nitrogen and oxygen atoms in total. The lowest BCUT2D eigenvalue weighted by molar-refractivity contribution is -0.0708. The van der Waals surface area contributed by atoms with E-state index >= 15 is 0 Å². The van der Waals surface area contributed by atoms with Crippen LogP contribution in [0.5, 0.6) is 0 Å². The molecule has 140 valence electrons. The highest BCUT2D eigenvalue weighted by molar-refractivity contribution is 7.98. The molecule has 0 spiro atoms. The Kier molecular flexibility index (Phi) is 5.06. The second-order valence-corrected chi connectivity index (χ2v) is 8.56. The van der Waals surface area contributed by atoms with Crippen molar-refractivity contribution >= 4 is 22.7 Å². The first-order valence-electron chi connectivity index (χ1n) is 9.35. The van der Waals surface area contributed by atoms with E-state index in [9.17, 15) is 4.79 Å². The summed E-state index contributed by atoms with van der Waals surface area (Å²) in [6.07, 6.45) is 1.65. The van der Waals surface area contributed by atoms with Gasteiger partial charge in [0.2, 0.25) is 0 Å². The number of para-hydroxylation sites is 1. The Morgan fingerprint density at radius 1 is 1.15 bits per heavy atom. The quantitative estimate of drug-likeness (QED) is 0.481. The minimum Gasteiger partial charge on any atom is -0.375 e. The molecular weight excluding hydrogens is 356 g/mol. The Bertz CT molecular complexity index is 998. The van der Waals surface area contributed by atoms with E-state index in [2.05, 4.69) is 26.0 Å². The fraction of sp³-hybridized carbons (Fsp3) is 0.364. The van der Waals surface area contributed by atoms with Gasteiger partial charge in [-0.3, -0.25) is 9.36 Å². The lowest BCUT2D eigenvalue weighted by Crippen LogP contribution is -2.39. The molecule has 1 aliphatic rings. The van der Waals surface area contributed by atoms with Crippen molar-refractivity contribution < 1.29 is 4.74 Å². The molecule has 1 saturated heterocycles. The third-order valence-corrected chi connectivity index (χ3v) is 6.05. The van der Waals surface area contributed by atoms with E-state index in [0.717, 1.165) is 29.3 Å². The summed E-state index contributed by atoms with van der Waals surface area (Å²) in [7, 11) is 0. The molecular formula is C22H24N2O2S. The van der Waals surface area contributed by atoms with Gasteiger partial charge in [-0.05, 0) is 44.4 Å². The molecule has 0 aliphatic carbocycles. The maximum atomic E-state index is 13.3. The minimum absolute atomic E-state index is 0.0545. The number of hydrogen-bond donors (Lipinski definition) is 0. The number of aromatic nitrogens is 2. The van der Waals surface area contributed by atoms with E-state index in [1.165, 1.54) is 5.56 Å². The first-order chi connectivity index (χ1) is 13.0. The van der Waals surface area contributed by atoms with Gasteiger partial charge in [0.25, 0.3) is 5.56 Å².